The van der Waals surface area contributed by atoms with Crippen LogP contribution < -0.4 is 10.4 Å². The highest BCUT2D eigenvalue weighted by Crippen LogP contribution is 1.95. The summed E-state index contributed by atoms with van der Waals surface area (Å²) >= 11 is 0. The van der Waals surface area contributed by atoms with Gasteiger partial charge >= 0.3 is 0 Å². The molecule has 1 aliphatic rings. The van der Waals surface area contributed by atoms with Gasteiger partial charge in [0, 0.05) is 0 Å². The summed E-state index contributed by atoms with van der Waals surface area (Å²) in [6.45, 7) is 1.85. The molecule has 0 spiro atoms. The minimum Gasteiger partial charge on any atom is -0.852 e. The topological polar surface area (TPSA) is 35.1 Å². The van der Waals surface area contributed by atoms with E-state index in [-0.39, 0.29) is 6.10 Å². The van der Waals surface area contributed by atoms with Gasteiger partial charge in [-0.2, -0.15) is 0 Å². The Hall–Kier alpha value is -0.0800. The fraction of sp³-hybridized carbons (Fsp3) is 1.00. The Morgan fingerprint density at radius 1 is 1.29 bits per heavy atom. The van der Waals surface area contributed by atoms with Crippen LogP contribution in [0.25, 0.3) is 0 Å². The summed E-state index contributed by atoms with van der Waals surface area (Å²) < 4.78 is 0. The Labute approximate surface area is 43.5 Å². The number of piperidine rings is 1. The molecule has 0 aromatic heterocycles. The van der Waals surface area contributed by atoms with Gasteiger partial charge < -0.3 is 10.4 Å². The quantitative estimate of drug-likeness (QED) is 0.428. The molecule has 0 saturated carbocycles. The first-order valence-corrected chi connectivity index (χ1v) is 2.76. The van der Waals surface area contributed by atoms with E-state index in [1.54, 1.807) is 0 Å². The van der Waals surface area contributed by atoms with Crippen LogP contribution in [0, 0.1) is 0 Å². The van der Waals surface area contributed by atoms with Crippen LogP contribution in [0.2, 0.25) is 0 Å². The molecule has 0 aliphatic carbocycles. The highest BCUT2D eigenvalue weighted by atomic mass is 16.3. The highest BCUT2D eigenvalue weighted by Gasteiger charge is 1.99. The van der Waals surface area contributed by atoms with Gasteiger partial charge in [-0.05, 0) is 13.1 Å². The molecule has 0 atom stereocenters. The number of hydrogen-bond acceptors (Lipinski definition) is 2. The van der Waals surface area contributed by atoms with Crippen molar-refractivity contribution in [2.75, 3.05) is 13.1 Å². The third kappa shape index (κ3) is 1.45. The van der Waals surface area contributed by atoms with E-state index in [9.17, 15) is 5.11 Å². The van der Waals surface area contributed by atoms with Gasteiger partial charge in [0.05, 0.1) is 0 Å². The first-order chi connectivity index (χ1) is 3.39. The smallest absolute Gasteiger partial charge is 0.00592 e. The Morgan fingerprint density at radius 3 is 2.14 bits per heavy atom. The molecule has 2 heteroatoms. The van der Waals surface area contributed by atoms with Gasteiger partial charge in [-0.1, -0.05) is 12.8 Å². The summed E-state index contributed by atoms with van der Waals surface area (Å²) in [7, 11) is 0. The lowest BCUT2D eigenvalue weighted by Crippen LogP contribution is -2.38. The van der Waals surface area contributed by atoms with E-state index in [1.165, 1.54) is 0 Å². The zero-order valence-corrected chi connectivity index (χ0v) is 4.31. The molecule has 1 fully saturated rings. The maximum absolute atomic E-state index is 10.5. The van der Waals surface area contributed by atoms with Crippen molar-refractivity contribution in [1.29, 1.82) is 0 Å². The summed E-state index contributed by atoms with van der Waals surface area (Å²) in [5.41, 5.74) is 0. The fourth-order valence-corrected chi connectivity index (χ4v) is 0.795. The zero-order chi connectivity index (χ0) is 5.11. The maximum Gasteiger partial charge on any atom is -0.00592 e. The van der Waals surface area contributed by atoms with Gasteiger partial charge in [0.2, 0.25) is 0 Å². The van der Waals surface area contributed by atoms with Crippen molar-refractivity contribution in [1.82, 2.24) is 5.32 Å². The molecule has 0 aromatic rings. The summed E-state index contributed by atoms with van der Waals surface area (Å²) in [4.78, 5) is 0. The van der Waals surface area contributed by atoms with Crippen molar-refractivity contribution in [3.8, 4) is 0 Å². The predicted octanol–water partition coefficient (Wildman–Crippen LogP) is -0.901. The third-order valence-corrected chi connectivity index (χ3v) is 1.29. The average molecular weight is 100 g/mol. The van der Waals surface area contributed by atoms with Crippen LogP contribution in [-0.2, 0) is 0 Å². The lowest BCUT2D eigenvalue weighted by molar-refractivity contribution is -0.423. The monoisotopic (exact) mass is 100 g/mol. The van der Waals surface area contributed by atoms with E-state index in [4.69, 9.17) is 0 Å². The van der Waals surface area contributed by atoms with Crippen molar-refractivity contribution < 1.29 is 5.11 Å². The molecule has 42 valence electrons. The first kappa shape index (κ1) is 5.06. The van der Waals surface area contributed by atoms with Gasteiger partial charge in [-0.3, -0.25) is 0 Å². The number of rotatable bonds is 0. The van der Waals surface area contributed by atoms with Crippen molar-refractivity contribution in [3.63, 3.8) is 0 Å². The molecular formula is C5H10NO-. The molecule has 1 N–H and O–H groups in total. The molecule has 1 rings (SSSR count). The molecule has 0 bridgehead atoms. The highest BCUT2D eigenvalue weighted by molar-refractivity contribution is 4.63. The Kier molecular flexibility index (Phi) is 1.65. The van der Waals surface area contributed by atoms with Crippen LogP contribution in [-0.4, -0.2) is 19.2 Å². The van der Waals surface area contributed by atoms with Crippen molar-refractivity contribution in [3.05, 3.63) is 0 Å². The molecule has 1 heterocycles. The van der Waals surface area contributed by atoms with Gasteiger partial charge in [-0.25, -0.2) is 0 Å². The van der Waals surface area contributed by atoms with Gasteiger partial charge in [0.1, 0.15) is 0 Å². The maximum atomic E-state index is 10.5. The van der Waals surface area contributed by atoms with E-state index >= 15 is 0 Å². The number of nitrogens with one attached hydrogen (secondary N) is 1. The van der Waals surface area contributed by atoms with Gasteiger partial charge in [-0.15, -0.1) is 6.10 Å². The summed E-state index contributed by atoms with van der Waals surface area (Å²) in [6, 6.07) is 0. The Bertz CT molecular complexity index is 50.0. The summed E-state index contributed by atoms with van der Waals surface area (Å²) in [6.07, 6.45) is 1.36. The van der Waals surface area contributed by atoms with E-state index in [2.05, 4.69) is 5.32 Å². The second kappa shape index (κ2) is 2.28. The molecule has 1 aliphatic heterocycles. The molecule has 0 radical (unpaired) electrons. The van der Waals surface area contributed by atoms with E-state index in [0.29, 0.717) is 0 Å². The minimum absolute atomic E-state index is 0.277. The molecule has 0 aromatic carbocycles. The molecule has 0 amide bonds. The Morgan fingerprint density at radius 2 is 1.86 bits per heavy atom. The van der Waals surface area contributed by atoms with E-state index in [1.807, 2.05) is 0 Å². The lowest BCUT2D eigenvalue weighted by Gasteiger charge is -2.26. The molecule has 7 heavy (non-hydrogen) atoms. The van der Waals surface area contributed by atoms with Crippen LogP contribution in [0.5, 0.6) is 0 Å². The lowest BCUT2D eigenvalue weighted by atomic mass is 10.1. The van der Waals surface area contributed by atoms with Gasteiger partial charge in [0.15, 0.2) is 0 Å². The number of hydrogen-bond donors (Lipinski definition) is 1. The second-order valence-electron chi connectivity index (χ2n) is 1.95. The molecule has 0 unspecified atom stereocenters. The molecule has 1 saturated heterocycles. The summed E-state index contributed by atoms with van der Waals surface area (Å²) in [5.74, 6) is 0. The first-order valence-electron chi connectivity index (χ1n) is 2.76. The SMILES string of the molecule is [O-]C1CCNCC1. The zero-order valence-electron chi connectivity index (χ0n) is 4.31. The van der Waals surface area contributed by atoms with Crippen LogP contribution in [0.4, 0.5) is 0 Å². The van der Waals surface area contributed by atoms with Crippen molar-refractivity contribution in [2.45, 2.75) is 18.9 Å². The van der Waals surface area contributed by atoms with Crippen LogP contribution in [0.15, 0.2) is 0 Å². The average Bonchev–Trinajstić information content (AvgIpc) is 1.69. The van der Waals surface area contributed by atoms with Crippen molar-refractivity contribution >= 4 is 0 Å². The second-order valence-corrected chi connectivity index (χ2v) is 1.95. The van der Waals surface area contributed by atoms with E-state index < -0.39 is 0 Å². The molecular weight excluding hydrogens is 90.1 g/mol. The van der Waals surface area contributed by atoms with E-state index in [0.717, 1.165) is 25.9 Å². The largest absolute Gasteiger partial charge is 0.852 e. The van der Waals surface area contributed by atoms with Crippen molar-refractivity contribution in [2.24, 2.45) is 0 Å². The van der Waals surface area contributed by atoms with Crippen LogP contribution >= 0.6 is 0 Å². The minimum atomic E-state index is -0.277. The third-order valence-electron chi connectivity index (χ3n) is 1.29. The summed E-state index contributed by atoms with van der Waals surface area (Å²) in [5, 5.41) is 13.6. The van der Waals surface area contributed by atoms with Crippen LogP contribution in [0.3, 0.4) is 0 Å². The normalized spacial score (nSPS) is 25.3. The van der Waals surface area contributed by atoms with Crippen LogP contribution in [0.1, 0.15) is 12.8 Å². The Balaban J connectivity index is 2.12. The predicted molar refractivity (Wildman–Crippen MR) is 25.9 cm³/mol. The van der Waals surface area contributed by atoms with Gasteiger partial charge in [0.25, 0.3) is 0 Å². The standard InChI is InChI=1S/C5H10NO/c7-5-1-3-6-4-2-5/h5-6H,1-4H2/q-1. The fourth-order valence-electron chi connectivity index (χ4n) is 0.795. The molecule has 2 nitrogen and oxygen atoms in total.